The highest BCUT2D eigenvalue weighted by atomic mass is 16.6. The zero-order chi connectivity index (χ0) is 9.14. The minimum atomic E-state index is -0.694. The topological polar surface area (TPSA) is 86.3 Å². The van der Waals surface area contributed by atoms with E-state index in [0.29, 0.717) is 0 Å². The highest BCUT2D eigenvalue weighted by Crippen LogP contribution is 2.14. The van der Waals surface area contributed by atoms with Crippen molar-refractivity contribution in [3.63, 3.8) is 0 Å². The monoisotopic (exact) mass is 166 g/mol. The predicted molar refractivity (Wildman–Crippen MR) is 37.4 cm³/mol. The van der Waals surface area contributed by atoms with Gasteiger partial charge in [-0.15, -0.1) is 0 Å². The summed E-state index contributed by atoms with van der Waals surface area (Å²) in [6.45, 7) is 0. The van der Waals surface area contributed by atoms with E-state index in [9.17, 15) is 20.2 Å². The molecule has 2 radical (unpaired) electrons. The molecule has 0 spiro atoms. The molecular weight excluding hydrogens is 164 g/mol. The molecule has 0 bridgehead atoms. The van der Waals surface area contributed by atoms with Crippen molar-refractivity contribution in [1.82, 2.24) is 0 Å². The quantitative estimate of drug-likeness (QED) is 0.486. The van der Waals surface area contributed by atoms with Crippen molar-refractivity contribution in [2.75, 3.05) is 0 Å². The van der Waals surface area contributed by atoms with E-state index in [-0.39, 0.29) is 11.4 Å². The molecule has 0 unspecified atom stereocenters. The average Bonchev–Trinajstić information content (AvgIpc) is 2.04. The van der Waals surface area contributed by atoms with Gasteiger partial charge in [0, 0.05) is 12.1 Å². The number of nitrogens with zero attached hydrogens (tertiary/aromatic N) is 2. The van der Waals surface area contributed by atoms with Gasteiger partial charge in [0.25, 0.3) is 11.4 Å². The SMILES string of the molecule is O=[N+]([O-])c1[c]cc([N+](=O)[O-])[c]c1. The third-order valence-electron chi connectivity index (χ3n) is 1.11. The highest BCUT2D eigenvalue weighted by molar-refractivity contribution is 5.37. The molecule has 0 N–H and O–H groups in total. The maximum Gasteiger partial charge on any atom is 0.278 e. The first-order valence-electron chi connectivity index (χ1n) is 2.83. The van der Waals surface area contributed by atoms with E-state index >= 15 is 0 Å². The van der Waals surface area contributed by atoms with Crippen molar-refractivity contribution >= 4 is 11.4 Å². The molecule has 0 atom stereocenters. The number of non-ortho nitro benzene ring substituents is 2. The van der Waals surface area contributed by atoms with Crippen LogP contribution in [0.2, 0.25) is 0 Å². The van der Waals surface area contributed by atoms with Gasteiger partial charge in [-0.05, 0) is 0 Å². The van der Waals surface area contributed by atoms with Crippen LogP contribution in [0.1, 0.15) is 0 Å². The first kappa shape index (κ1) is 8.12. The Balaban J connectivity index is 3.01. The van der Waals surface area contributed by atoms with Gasteiger partial charge < -0.3 is 0 Å². The molecule has 0 saturated heterocycles. The molecule has 0 saturated carbocycles. The maximum absolute atomic E-state index is 10.1. The van der Waals surface area contributed by atoms with Gasteiger partial charge in [-0.2, -0.15) is 0 Å². The third kappa shape index (κ3) is 1.54. The van der Waals surface area contributed by atoms with Gasteiger partial charge >= 0.3 is 0 Å². The Bertz CT molecular complexity index is 286. The van der Waals surface area contributed by atoms with Crippen molar-refractivity contribution in [2.24, 2.45) is 0 Å². The molecule has 12 heavy (non-hydrogen) atoms. The Morgan fingerprint density at radius 3 is 1.50 bits per heavy atom. The molecule has 6 heteroatoms. The summed E-state index contributed by atoms with van der Waals surface area (Å²) >= 11 is 0. The Labute approximate surface area is 66.7 Å². The first-order chi connectivity index (χ1) is 5.61. The lowest BCUT2D eigenvalue weighted by atomic mass is 10.3. The van der Waals surface area contributed by atoms with E-state index in [1.54, 1.807) is 0 Å². The highest BCUT2D eigenvalue weighted by Gasteiger charge is 2.10. The van der Waals surface area contributed by atoms with Gasteiger partial charge in [-0.3, -0.25) is 20.2 Å². The van der Waals surface area contributed by atoms with Crippen LogP contribution in [0.5, 0.6) is 0 Å². The average molecular weight is 166 g/mol. The molecule has 0 fully saturated rings. The second-order valence-electron chi connectivity index (χ2n) is 1.86. The summed E-state index contributed by atoms with van der Waals surface area (Å²) in [5.74, 6) is 0. The number of hydrogen-bond acceptors (Lipinski definition) is 4. The number of rotatable bonds is 2. The standard InChI is InChI=1S/C6H2N2O4/c9-7(10)5-1-2-6(4-3-5)8(11)12/h1,4H. The van der Waals surface area contributed by atoms with Crippen molar-refractivity contribution in [1.29, 1.82) is 0 Å². The zero-order valence-electron chi connectivity index (χ0n) is 5.68. The van der Waals surface area contributed by atoms with Crippen LogP contribution in [0.3, 0.4) is 0 Å². The first-order valence-corrected chi connectivity index (χ1v) is 2.83. The fourth-order valence-electron chi connectivity index (χ4n) is 0.579. The summed E-state index contributed by atoms with van der Waals surface area (Å²) < 4.78 is 0. The summed E-state index contributed by atoms with van der Waals surface area (Å²) in [7, 11) is 0. The molecule has 0 aliphatic rings. The van der Waals surface area contributed by atoms with E-state index < -0.39 is 9.85 Å². The summed E-state index contributed by atoms with van der Waals surface area (Å²) in [5, 5.41) is 20.1. The van der Waals surface area contributed by atoms with E-state index in [1.165, 1.54) is 0 Å². The van der Waals surface area contributed by atoms with Crippen molar-refractivity contribution in [3.8, 4) is 0 Å². The third-order valence-corrected chi connectivity index (χ3v) is 1.11. The number of nitro groups is 2. The van der Waals surface area contributed by atoms with Crippen LogP contribution in [-0.2, 0) is 0 Å². The maximum atomic E-state index is 10.1. The smallest absolute Gasteiger partial charge is 0.258 e. The zero-order valence-corrected chi connectivity index (χ0v) is 5.68. The predicted octanol–water partition coefficient (Wildman–Crippen LogP) is 1.10. The number of benzene rings is 1. The Morgan fingerprint density at radius 2 is 1.33 bits per heavy atom. The summed E-state index contributed by atoms with van der Waals surface area (Å²) in [5.41, 5.74) is -0.666. The van der Waals surface area contributed by atoms with Gasteiger partial charge in [-0.1, -0.05) is 0 Å². The van der Waals surface area contributed by atoms with Crippen molar-refractivity contribution in [2.45, 2.75) is 0 Å². The lowest BCUT2D eigenvalue weighted by Gasteiger charge is -1.88. The minimum Gasteiger partial charge on any atom is -0.258 e. The van der Waals surface area contributed by atoms with Crippen LogP contribution in [0.15, 0.2) is 12.1 Å². The molecule has 0 heterocycles. The summed E-state index contributed by atoms with van der Waals surface area (Å²) in [4.78, 5) is 18.7. The second kappa shape index (κ2) is 2.95. The van der Waals surface area contributed by atoms with E-state index in [0.717, 1.165) is 12.1 Å². The molecule has 1 rings (SSSR count). The Hall–Kier alpha value is -1.98. The minimum absolute atomic E-state index is 0.333. The lowest BCUT2D eigenvalue weighted by Crippen LogP contribution is -1.90. The van der Waals surface area contributed by atoms with Crippen LogP contribution >= 0.6 is 0 Å². The van der Waals surface area contributed by atoms with Gasteiger partial charge in [0.05, 0.1) is 22.0 Å². The summed E-state index contributed by atoms with van der Waals surface area (Å²) in [6, 6.07) is 6.12. The normalized spacial score (nSPS) is 9.33. The van der Waals surface area contributed by atoms with Gasteiger partial charge in [0.1, 0.15) is 0 Å². The van der Waals surface area contributed by atoms with E-state index in [4.69, 9.17) is 0 Å². The largest absolute Gasteiger partial charge is 0.278 e. The molecule has 1 aromatic carbocycles. The van der Waals surface area contributed by atoms with Crippen molar-refractivity contribution in [3.05, 3.63) is 44.5 Å². The van der Waals surface area contributed by atoms with Gasteiger partial charge in [0.2, 0.25) is 0 Å². The van der Waals surface area contributed by atoms with Crippen LogP contribution in [0.4, 0.5) is 11.4 Å². The number of nitro benzene ring substituents is 2. The molecule has 60 valence electrons. The van der Waals surface area contributed by atoms with Crippen LogP contribution in [0.25, 0.3) is 0 Å². The molecule has 1 aromatic rings. The Kier molecular flexibility index (Phi) is 2.00. The van der Waals surface area contributed by atoms with Gasteiger partial charge in [0.15, 0.2) is 0 Å². The fraction of sp³-hybridized carbons (Fsp3) is 0. The van der Waals surface area contributed by atoms with E-state index in [2.05, 4.69) is 12.1 Å². The molecule has 0 aliphatic heterocycles. The summed E-state index contributed by atoms with van der Waals surface area (Å²) in [6.07, 6.45) is 0. The number of hydrogen-bond donors (Lipinski definition) is 0. The molecular formula is C6H2N2O4. The van der Waals surface area contributed by atoms with Gasteiger partial charge in [-0.25, -0.2) is 0 Å². The second-order valence-corrected chi connectivity index (χ2v) is 1.86. The Morgan fingerprint density at radius 1 is 1.00 bits per heavy atom. The lowest BCUT2D eigenvalue weighted by molar-refractivity contribution is -0.389. The van der Waals surface area contributed by atoms with Crippen LogP contribution < -0.4 is 0 Å². The molecule has 6 nitrogen and oxygen atoms in total. The molecule has 0 aliphatic carbocycles. The van der Waals surface area contributed by atoms with E-state index in [1.807, 2.05) is 0 Å². The van der Waals surface area contributed by atoms with Crippen LogP contribution in [-0.4, -0.2) is 9.85 Å². The van der Waals surface area contributed by atoms with Crippen molar-refractivity contribution < 1.29 is 9.85 Å². The fourth-order valence-corrected chi connectivity index (χ4v) is 0.579. The van der Waals surface area contributed by atoms with Crippen LogP contribution in [0, 0.1) is 32.4 Å². The molecule has 0 amide bonds. The molecule has 0 aromatic heterocycles.